The average molecular weight is 383 g/mol. The molecule has 1 fully saturated rings. The van der Waals surface area contributed by atoms with Crippen LogP contribution in [0, 0.1) is 0 Å². The molecule has 0 aliphatic carbocycles. The van der Waals surface area contributed by atoms with Crippen molar-refractivity contribution in [3.63, 3.8) is 0 Å². The van der Waals surface area contributed by atoms with E-state index in [2.05, 4.69) is 15.4 Å². The number of anilines is 1. The van der Waals surface area contributed by atoms with Crippen molar-refractivity contribution in [2.45, 2.75) is 45.3 Å². The van der Waals surface area contributed by atoms with Gasteiger partial charge < -0.3 is 19.7 Å². The van der Waals surface area contributed by atoms with E-state index >= 15 is 0 Å². The highest BCUT2D eigenvalue weighted by molar-refractivity contribution is 7.18. The van der Waals surface area contributed by atoms with E-state index in [1.807, 2.05) is 20.8 Å². The van der Waals surface area contributed by atoms with Gasteiger partial charge in [-0.2, -0.15) is 0 Å². The zero-order chi connectivity index (χ0) is 19.3. The Labute approximate surface area is 156 Å². The maximum Gasteiger partial charge on any atom is 0.410 e. The van der Waals surface area contributed by atoms with Gasteiger partial charge in [-0.3, -0.25) is 5.32 Å². The molecule has 0 unspecified atom stereocenters. The van der Waals surface area contributed by atoms with Gasteiger partial charge in [-0.1, -0.05) is 0 Å². The molecule has 0 aromatic carbocycles. The Morgan fingerprint density at radius 2 is 1.85 bits per heavy atom. The molecule has 1 aliphatic rings. The first kappa shape index (κ1) is 20.0. The summed E-state index contributed by atoms with van der Waals surface area (Å²) in [5.41, 5.74) is -0.518. The van der Waals surface area contributed by atoms with Crippen molar-refractivity contribution in [1.82, 2.24) is 10.2 Å². The number of hydrogen-bond acceptors (Lipinski definition) is 6. The van der Waals surface area contributed by atoms with E-state index in [1.54, 1.807) is 17.0 Å². The lowest BCUT2D eigenvalue weighted by Gasteiger charge is -2.33. The molecule has 1 aromatic heterocycles. The monoisotopic (exact) mass is 383 g/mol. The largest absolute Gasteiger partial charge is 0.465 e. The molecule has 26 heavy (non-hydrogen) atoms. The molecule has 1 aliphatic heterocycles. The molecule has 0 saturated carbocycles. The van der Waals surface area contributed by atoms with Gasteiger partial charge in [0.05, 0.1) is 12.1 Å². The minimum atomic E-state index is -0.518. The van der Waals surface area contributed by atoms with Crippen LogP contribution >= 0.6 is 11.3 Å². The van der Waals surface area contributed by atoms with Crippen LogP contribution in [0.5, 0.6) is 0 Å². The Morgan fingerprint density at radius 1 is 1.19 bits per heavy atom. The van der Waals surface area contributed by atoms with Crippen LogP contribution in [0.1, 0.15) is 43.3 Å². The molecule has 0 bridgehead atoms. The Kier molecular flexibility index (Phi) is 6.47. The van der Waals surface area contributed by atoms with Crippen LogP contribution in [0.4, 0.5) is 14.6 Å². The number of nitrogens with zero attached hydrogens (tertiary/aromatic N) is 1. The average Bonchev–Trinajstić information content (AvgIpc) is 3.01. The van der Waals surface area contributed by atoms with E-state index in [9.17, 15) is 14.4 Å². The zero-order valence-corrected chi connectivity index (χ0v) is 16.3. The number of piperidine rings is 1. The van der Waals surface area contributed by atoms with Crippen molar-refractivity contribution in [2.75, 3.05) is 25.5 Å². The van der Waals surface area contributed by atoms with Crippen LogP contribution < -0.4 is 10.6 Å². The Morgan fingerprint density at radius 3 is 2.42 bits per heavy atom. The van der Waals surface area contributed by atoms with Gasteiger partial charge in [0.15, 0.2) is 0 Å². The lowest BCUT2D eigenvalue weighted by Crippen LogP contribution is -2.48. The van der Waals surface area contributed by atoms with Crippen molar-refractivity contribution < 1.29 is 23.9 Å². The van der Waals surface area contributed by atoms with Gasteiger partial charge in [-0.25, -0.2) is 14.4 Å². The predicted octanol–water partition coefficient (Wildman–Crippen LogP) is 3.06. The third kappa shape index (κ3) is 5.91. The maximum atomic E-state index is 12.1. The molecule has 0 atom stereocenters. The molecule has 1 aromatic rings. The third-order valence-corrected chi connectivity index (χ3v) is 4.69. The molecular weight excluding hydrogens is 358 g/mol. The fourth-order valence-corrected chi connectivity index (χ4v) is 3.30. The van der Waals surface area contributed by atoms with Crippen LogP contribution in [-0.4, -0.2) is 54.8 Å². The van der Waals surface area contributed by atoms with E-state index in [0.29, 0.717) is 35.8 Å². The number of carbonyl (C=O) groups excluding carboxylic acids is 3. The number of ether oxygens (including phenoxy) is 2. The fraction of sp³-hybridized carbons (Fsp3) is 0.588. The van der Waals surface area contributed by atoms with E-state index in [-0.39, 0.29) is 18.2 Å². The second-order valence-corrected chi connectivity index (χ2v) is 8.08. The van der Waals surface area contributed by atoms with Crippen molar-refractivity contribution in [1.29, 1.82) is 0 Å². The fourth-order valence-electron chi connectivity index (χ4n) is 2.48. The highest BCUT2D eigenvalue weighted by Crippen LogP contribution is 2.22. The molecule has 2 N–H and O–H groups in total. The van der Waals surface area contributed by atoms with Crippen LogP contribution in [0.25, 0.3) is 0 Å². The van der Waals surface area contributed by atoms with E-state index in [4.69, 9.17) is 4.74 Å². The molecule has 0 spiro atoms. The molecule has 3 amide bonds. The van der Waals surface area contributed by atoms with Crippen LogP contribution in [-0.2, 0) is 9.47 Å². The highest BCUT2D eigenvalue weighted by Gasteiger charge is 2.27. The minimum absolute atomic E-state index is 0.0197. The Hall–Kier alpha value is -2.29. The number of carbonyl (C=O) groups is 3. The summed E-state index contributed by atoms with van der Waals surface area (Å²) in [4.78, 5) is 37.6. The van der Waals surface area contributed by atoms with Gasteiger partial charge in [0, 0.05) is 19.1 Å². The summed E-state index contributed by atoms with van der Waals surface area (Å²) in [6.07, 6.45) is 0.990. The van der Waals surface area contributed by atoms with E-state index in [0.717, 1.165) is 11.3 Å². The SMILES string of the molecule is COC(=O)c1ccc(NC(=O)NC2CCN(C(=O)OC(C)(C)C)CC2)s1. The first-order valence-corrected chi connectivity index (χ1v) is 9.23. The number of urea groups is 1. The number of nitrogens with one attached hydrogen (secondary N) is 2. The summed E-state index contributed by atoms with van der Waals surface area (Å²) >= 11 is 1.15. The molecule has 144 valence electrons. The summed E-state index contributed by atoms with van der Waals surface area (Å²) in [6.45, 7) is 6.57. The number of thiophene rings is 1. The number of esters is 1. The smallest absolute Gasteiger partial charge is 0.410 e. The second kappa shape index (κ2) is 8.39. The molecule has 1 saturated heterocycles. The quantitative estimate of drug-likeness (QED) is 0.782. The summed E-state index contributed by atoms with van der Waals surface area (Å²) < 4.78 is 9.99. The van der Waals surface area contributed by atoms with Crippen molar-refractivity contribution in [3.05, 3.63) is 17.0 Å². The lowest BCUT2D eigenvalue weighted by molar-refractivity contribution is 0.0201. The Balaban J connectivity index is 1.76. The van der Waals surface area contributed by atoms with Gasteiger partial charge in [0.25, 0.3) is 0 Å². The summed E-state index contributed by atoms with van der Waals surface area (Å²) in [5, 5.41) is 6.16. The Bertz CT molecular complexity index is 660. The van der Waals surface area contributed by atoms with Crippen LogP contribution in [0.15, 0.2) is 12.1 Å². The molecule has 9 heteroatoms. The topological polar surface area (TPSA) is 97.0 Å². The van der Waals surface area contributed by atoms with Gasteiger partial charge >= 0.3 is 18.1 Å². The van der Waals surface area contributed by atoms with Crippen molar-refractivity contribution >= 4 is 34.4 Å². The zero-order valence-electron chi connectivity index (χ0n) is 15.5. The van der Waals surface area contributed by atoms with Gasteiger partial charge in [-0.05, 0) is 45.7 Å². The molecule has 0 radical (unpaired) electrons. The normalized spacial score (nSPS) is 15.3. The number of methoxy groups -OCH3 is 1. The minimum Gasteiger partial charge on any atom is -0.465 e. The van der Waals surface area contributed by atoms with Gasteiger partial charge in [0.2, 0.25) is 0 Å². The lowest BCUT2D eigenvalue weighted by atomic mass is 10.1. The molecule has 2 rings (SSSR count). The maximum absolute atomic E-state index is 12.1. The number of hydrogen-bond donors (Lipinski definition) is 2. The number of rotatable bonds is 3. The summed E-state index contributed by atoms with van der Waals surface area (Å²) in [5.74, 6) is -0.432. The van der Waals surface area contributed by atoms with Crippen LogP contribution in [0.3, 0.4) is 0 Å². The third-order valence-electron chi connectivity index (χ3n) is 3.71. The van der Waals surface area contributed by atoms with Crippen LogP contribution in [0.2, 0.25) is 0 Å². The summed E-state index contributed by atoms with van der Waals surface area (Å²) in [6, 6.07) is 2.90. The molecule has 8 nitrogen and oxygen atoms in total. The standard InChI is InChI=1S/C17H25N3O5S/c1-17(2,3)25-16(23)20-9-7-11(8-10-20)18-15(22)19-13-6-5-12(26-13)14(21)24-4/h5-6,11H,7-10H2,1-4H3,(H2,18,19,22). The molecule has 2 heterocycles. The first-order valence-electron chi connectivity index (χ1n) is 8.41. The summed E-state index contributed by atoms with van der Waals surface area (Å²) in [7, 11) is 1.31. The number of amides is 3. The van der Waals surface area contributed by atoms with Gasteiger partial charge in [-0.15, -0.1) is 11.3 Å². The predicted molar refractivity (Wildman–Crippen MR) is 98.6 cm³/mol. The highest BCUT2D eigenvalue weighted by atomic mass is 32.1. The van der Waals surface area contributed by atoms with E-state index in [1.165, 1.54) is 7.11 Å². The van der Waals surface area contributed by atoms with E-state index < -0.39 is 11.6 Å². The number of likely N-dealkylation sites (tertiary alicyclic amines) is 1. The second-order valence-electron chi connectivity index (χ2n) is 7.00. The molecular formula is C17H25N3O5S. The van der Waals surface area contributed by atoms with Gasteiger partial charge in [0.1, 0.15) is 10.5 Å². The van der Waals surface area contributed by atoms with Crippen molar-refractivity contribution in [3.8, 4) is 0 Å². The first-order chi connectivity index (χ1) is 12.2. The van der Waals surface area contributed by atoms with Crippen molar-refractivity contribution in [2.24, 2.45) is 0 Å².